The van der Waals surface area contributed by atoms with Crippen LogP contribution in [-0.2, 0) is 12.0 Å². The molecule has 0 aromatic heterocycles. The van der Waals surface area contributed by atoms with E-state index in [-0.39, 0.29) is 17.2 Å². The normalized spacial score (nSPS) is 23.6. The van der Waals surface area contributed by atoms with E-state index in [1.54, 1.807) is 19.2 Å². The first-order valence-electron chi connectivity index (χ1n) is 9.61. The zero-order valence-electron chi connectivity index (χ0n) is 16.0. The zero-order valence-corrected chi connectivity index (χ0v) is 16.0. The average Bonchev–Trinajstić information content (AvgIpc) is 2.91. The topological polar surface area (TPSA) is 65.0 Å². The molecule has 0 saturated carbocycles. The van der Waals surface area contributed by atoms with Crippen LogP contribution in [0.1, 0.15) is 35.6 Å². The van der Waals surface area contributed by atoms with Crippen LogP contribution in [0, 0.1) is 0 Å². The molecule has 0 unspecified atom stereocenters. The molecule has 0 amide bonds. The van der Waals surface area contributed by atoms with E-state index in [1.165, 1.54) is 11.1 Å². The molecule has 144 valence electrons. The quantitative estimate of drug-likeness (QED) is 0.774. The Kier molecular flexibility index (Phi) is 4.84. The molecule has 1 saturated heterocycles. The van der Waals surface area contributed by atoms with Gasteiger partial charge in [0.25, 0.3) is 0 Å². The number of benzene rings is 2. The number of aromatic hydroxyl groups is 1. The monoisotopic (exact) mass is 368 g/mol. The summed E-state index contributed by atoms with van der Waals surface area (Å²) < 4.78 is 5.13. The lowest BCUT2D eigenvalue weighted by atomic mass is 9.72. The van der Waals surface area contributed by atoms with Crippen molar-refractivity contribution in [3.8, 4) is 11.5 Å². The predicted octanol–water partition coefficient (Wildman–Crippen LogP) is 2.57. The highest BCUT2D eigenvalue weighted by Crippen LogP contribution is 2.52. The standard InChI is InChI=1S/C22H28N2O3/c1-24(14-15-7-8-19(27-2)18(25)13-15)20-16-5-3-4-6-17(16)22(21(20)26)9-11-23-12-10-22/h3-8,13,20-21,23,25-26H,9-12,14H2,1-2H3/t20-,21+/m0/s1. The van der Waals surface area contributed by atoms with Crippen molar-refractivity contribution in [2.45, 2.75) is 36.9 Å². The number of phenolic OH excluding ortho intramolecular Hbond substituents is 1. The molecule has 5 heteroatoms. The first-order chi connectivity index (χ1) is 13.1. The largest absolute Gasteiger partial charge is 0.504 e. The maximum Gasteiger partial charge on any atom is 0.160 e. The van der Waals surface area contributed by atoms with Crippen LogP contribution in [0.4, 0.5) is 0 Å². The third kappa shape index (κ3) is 3.00. The number of aliphatic hydroxyl groups is 1. The molecule has 1 fully saturated rings. The molecule has 3 N–H and O–H groups in total. The van der Waals surface area contributed by atoms with Crippen molar-refractivity contribution >= 4 is 0 Å². The summed E-state index contributed by atoms with van der Waals surface area (Å²) in [6.07, 6.45) is 1.48. The van der Waals surface area contributed by atoms with Gasteiger partial charge in [0.15, 0.2) is 11.5 Å². The minimum Gasteiger partial charge on any atom is -0.504 e. The third-order valence-electron chi connectivity index (χ3n) is 6.33. The Bertz CT molecular complexity index is 817. The molecule has 2 aromatic carbocycles. The predicted molar refractivity (Wildman–Crippen MR) is 105 cm³/mol. The lowest BCUT2D eigenvalue weighted by Crippen LogP contribution is -2.48. The summed E-state index contributed by atoms with van der Waals surface area (Å²) in [5, 5.41) is 24.9. The van der Waals surface area contributed by atoms with E-state index in [4.69, 9.17) is 4.74 Å². The van der Waals surface area contributed by atoms with Gasteiger partial charge in [-0.05, 0) is 61.8 Å². The summed E-state index contributed by atoms with van der Waals surface area (Å²) in [5.74, 6) is 0.618. The number of hydrogen-bond acceptors (Lipinski definition) is 5. The molecule has 1 aliphatic carbocycles. The van der Waals surface area contributed by atoms with Crippen molar-refractivity contribution in [2.75, 3.05) is 27.2 Å². The van der Waals surface area contributed by atoms with Gasteiger partial charge in [0.05, 0.1) is 19.3 Å². The summed E-state index contributed by atoms with van der Waals surface area (Å²) in [7, 11) is 3.59. The Balaban J connectivity index is 1.64. The van der Waals surface area contributed by atoms with Crippen LogP contribution in [0.3, 0.4) is 0 Å². The molecule has 2 aromatic rings. The van der Waals surface area contributed by atoms with Crippen molar-refractivity contribution in [3.63, 3.8) is 0 Å². The number of piperidine rings is 1. The summed E-state index contributed by atoms with van der Waals surface area (Å²) in [5.41, 5.74) is 3.36. The van der Waals surface area contributed by atoms with Gasteiger partial charge < -0.3 is 20.3 Å². The van der Waals surface area contributed by atoms with Crippen LogP contribution in [-0.4, -0.2) is 48.5 Å². The number of hydrogen-bond donors (Lipinski definition) is 3. The van der Waals surface area contributed by atoms with Crippen molar-refractivity contribution < 1.29 is 14.9 Å². The Morgan fingerprint density at radius 3 is 2.63 bits per heavy atom. The fourth-order valence-corrected chi connectivity index (χ4v) is 4.98. The van der Waals surface area contributed by atoms with E-state index in [1.807, 2.05) is 13.1 Å². The zero-order chi connectivity index (χ0) is 19.0. The lowest BCUT2D eigenvalue weighted by Gasteiger charge is -2.40. The van der Waals surface area contributed by atoms with Gasteiger partial charge in [-0.2, -0.15) is 0 Å². The fraction of sp³-hybridized carbons (Fsp3) is 0.455. The molecule has 1 heterocycles. The van der Waals surface area contributed by atoms with Crippen molar-refractivity contribution in [1.82, 2.24) is 10.2 Å². The Morgan fingerprint density at radius 1 is 1.19 bits per heavy atom. The van der Waals surface area contributed by atoms with Crippen molar-refractivity contribution in [2.24, 2.45) is 0 Å². The van der Waals surface area contributed by atoms with Crippen LogP contribution >= 0.6 is 0 Å². The highest BCUT2D eigenvalue weighted by atomic mass is 16.5. The molecule has 1 aliphatic heterocycles. The maximum atomic E-state index is 11.4. The van der Waals surface area contributed by atoms with Crippen molar-refractivity contribution in [3.05, 3.63) is 59.2 Å². The minimum absolute atomic E-state index is 0.0523. The number of nitrogens with zero attached hydrogens (tertiary/aromatic N) is 1. The van der Waals surface area contributed by atoms with E-state index < -0.39 is 6.10 Å². The van der Waals surface area contributed by atoms with E-state index in [9.17, 15) is 10.2 Å². The minimum atomic E-state index is -0.436. The number of methoxy groups -OCH3 is 1. The van der Waals surface area contributed by atoms with Crippen LogP contribution in [0.2, 0.25) is 0 Å². The molecular formula is C22H28N2O3. The Morgan fingerprint density at radius 2 is 1.93 bits per heavy atom. The molecule has 0 radical (unpaired) electrons. The molecule has 2 aliphatic rings. The number of fused-ring (bicyclic) bond motifs is 2. The second kappa shape index (κ2) is 7.15. The van der Waals surface area contributed by atoms with E-state index >= 15 is 0 Å². The second-order valence-electron chi connectivity index (χ2n) is 7.80. The summed E-state index contributed by atoms with van der Waals surface area (Å²) in [6.45, 7) is 2.52. The third-order valence-corrected chi connectivity index (χ3v) is 6.33. The number of likely N-dealkylation sites (N-methyl/N-ethyl adjacent to an activating group) is 1. The van der Waals surface area contributed by atoms with Gasteiger partial charge in [0.2, 0.25) is 0 Å². The number of aliphatic hydroxyl groups excluding tert-OH is 1. The summed E-state index contributed by atoms with van der Waals surface area (Å²) >= 11 is 0. The molecule has 4 rings (SSSR count). The molecule has 1 spiro atoms. The van der Waals surface area contributed by atoms with Gasteiger partial charge in [-0.15, -0.1) is 0 Å². The smallest absolute Gasteiger partial charge is 0.160 e. The highest BCUT2D eigenvalue weighted by molar-refractivity contribution is 5.46. The molecular weight excluding hydrogens is 340 g/mol. The average molecular weight is 368 g/mol. The van der Waals surface area contributed by atoms with Crippen LogP contribution in [0.25, 0.3) is 0 Å². The van der Waals surface area contributed by atoms with E-state index in [0.29, 0.717) is 12.3 Å². The Hall–Kier alpha value is -2.08. The summed E-state index contributed by atoms with van der Waals surface area (Å²) in [6, 6.07) is 13.9. The van der Waals surface area contributed by atoms with Crippen LogP contribution in [0.15, 0.2) is 42.5 Å². The van der Waals surface area contributed by atoms with Gasteiger partial charge in [-0.25, -0.2) is 0 Å². The van der Waals surface area contributed by atoms with Crippen LogP contribution < -0.4 is 10.1 Å². The Labute approximate surface area is 160 Å². The molecule has 5 nitrogen and oxygen atoms in total. The summed E-state index contributed by atoms with van der Waals surface area (Å²) in [4.78, 5) is 2.20. The van der Waals surface area contributed by atoms with Gasteiger partial charge in [0, 0.05) is 12.0 Å². The van der Waals surface area contributed by atoms with E-state index in [0.717, 1.165) is 31.5 Å². The number of nitrogens with one attached hydrogen (secondary N) is 1. The highest BCUT2D eigenvalue weighted by Gasteiger charge is 2.52. The van der Waals surface area contributed by atoms with Gasteiger partial charge in [-0.3, -0.25) is 4.90 Å². The fourth-order valence-electron chi connectivity index (χ4n) is 4.98. The molecule has 0 bridgehead atoms. The lowest BCUT2D eigenvalue weighted by molar-refractivity contribution is 0.00418. The van der Waals surface area contributed by atoms with Gasteiger partial charge in [0.1, 0.15) is 0 Å². The maximum absolute atomic E-state index is 11.4. The van der Waals surface area contributed by atoms with E-state index in [2.05, 4.69) is 34.5 Å². The van der Waals surface area contributed by atoms with Crippen molar-refractivity contribution in [1.29, 1.82) is 0 Å². The number of ether oxygens (including phenoxy) is 1. The molecule has 27 heavy (non-hydrogen) atoms. The SMILES string of the molecule is COc1ccc(CN(C)[C@H]2c3ccccc3C3(CCNCC3)[C@@H]2O)cc1O. The first kappa shape index (κ1) is 18.3. The van der Waals surface area contributed by atoms with Gasteiger partial charge in [-0.1, -0.05) is 30.3 Å². The second-order valence-corrected chi connectivity index (χ2v) is 7.80. The van der Waals surface area contributed by atoms with Gasteiger partial charge >= 0.3 is 0 Å². The number of phenols is 1. The molecule has 2 atom stereocenters. The van der Waals surface area contributed by atoms with Crippen LogP contribution in [0.5, 0.6) is 11.5 Å². The first-order valence-corrected chi connectivity index (χ1v) is 9.61. The number of rotatable bonds is 4.